The summed E-state index contributed by atoms with van der Waals surface area (Å²) in [5.74, 6) is 0.170. The maximum absolute atomic E-state index is 10.4. The molecule has 0 spiro atoms. The van der Waals surface area contributed by atoms with Crippen LogP contribution in [0.5, 0.6) is 0 Å². The van der Waals surface area contributed by atoms with E-state index in [1.54, 1.807) is 0 Å². The Morgan fingerprint density at radius 3 is 2.19 bits per heavy atom. The predicted octanol–water partition coefficient (Wildman–Crippen LogP) is 4.05. The van der Waals surface area contributed by atoms with Crippen molar-refractivity contribution in [3.63, 3.8) is 0 Å². The SMILES string of the molecule is CCc1ccc(N(C)CC(C)C(O)c2ccccc2)cc1. The molecular formula is C19H25NO. The molecule has 0 radical (unpaired) electrons. The highest BCUT2D eigenvalue weighted by molar-refractivity contribution is 5.47. The average molecular weight is 283 g/mol. The first-order valence-electron chi connectivity index (χ1n) is 7.65. The minimum Gasteiger partial charge on any atom is -0.388 e. The molecule has 2 aromatic carbocycles. The van der Waals surface area contributed by atoms with Gasteiger partial charge < -0.3 is 10.0 Å². The predicted molar refractivity (Wildman–Crippen MR) is 89.7 cm³/mol. The molecule has 2 unspecified atom stereocenters. The van der Waals surface area contributed by atoms with E-state index >= 15 is 0 Å². The molecular weight excluding hydrogens is 258 g/mol. The molecule has 0 aliphatic carbocycles. The molecule has 2 atom stereocenters. The summed E-state index contributed by atoms with van der Waals surface area (Å²) < 4.78 is 0. The molecule has 2 heteroatoms. The van der Waals surface area contributed by atoms with E-state index in [1.807, 2.05) is 30.3 Å². The van der Waals surface area contributed by atoms with Gasteiger partial charge in [-0.3, -0.25) is 0 Å². The second-order valence-electron chi connectivity index (χ2n) is 5.73. The molecule has 0 aliphatic rings. The van der Waals surface area contributed by atoms with Crippen LogP contribution in [0, 0.1) is 5.92 Å². The van der Waals surface area contributed by atoms with E-state index in [1.165, 1.54) is 11.3 Å². The third-order valence-corrected chi connectivity index (χ3v) is 4.03. The Bertz CT molecular complexity index is 535. The number of hydrogen-bond acceptors (Lipinski definition) is 2. The van der Waals surface area contributed by atoms with Gasteiger partial charge >= 0.3 is 0 Å². The summed E-state index contributed by atoms with van der Waals surface area (Å²) in [6.45, 7) is 5.08. The van der Waals surface area contributed by atoms with Gasteiger partial charge in [0.25, 0.3) is 0 Å². The Hall–Kier alpha value is -1.80. The fourth-order valence-corrected chi connectivity index (χ4v) is 2.60. The molecule has 0 heterocycles. The van der Waals surface area contributed by atoms with Crippen LogP contribution in [0.4, 0.5) is 5.69 Å². The van der Waals surface area contributed by atoms with Gasteiger partial charge in [-0.05, 0) is 29.7 Å². The fraction of sp³-hybridized carbons (Fsp3) is 0.368. The van der Waals surface area contributed by atoms with Crippen LogP contribution in [0.15, 0.2) is 54.6 Å². The van der Waals surface area contributed by atoms with Crippen LogP contribution in [-0.4, -0.2) is 18.7 Å². The number of nitrogens with zero attached hydrogens (tertiary/aromatic N) is 1. The van der Waals surface area contributed by atoms with Crippen molar-refractivity contribution in [2.75, 3.05) is 18.5 Å². The molecule has 0 saturated carbocycles. The van der Waals surface area contributed by atoms with Crippen molar-refractivity contribution in [2.45, 2.75) is 26.4 Å². The lowest BCUT2D eigenvalue weighted by Crippen LogP contribution is -2.27. The molecule has 112 valence electrons. The van der Waals surface area contributed by atoms with E-state index in [9.17, 15) is 5.11 Å². The first-order chi connectivity index (χ1) is 10.1. The van der Waals surface area contributed by atoms with Crippen LogP contribution in [0.1, 0.15) is 31.1 Å². The summed E-state index contributed by atoms with van der Waals surface area (Å²) in [5.41, 5.74) is 3.53. The van der Waals surface area contributed by atoms with Crippen molar-refractivity contribution >= 4 is 5.69 Å². The summed E-state index contributed by atoms with van der Waals surface area (Å²) >= 11 is 0. The monoisotopic (exact) mass is 283 g/mol. The van der Waals surface area contributed by atoms with Crippen molar-refractivity contribution < 1.29 is 5.11 Å². The molecule has 0 saturated heterocycles. The quantitative estimate of drug-likeness (QED) is 0.864. The van der Waals surface area contributed by atoms with Crippen molar-refractivity contribution in [1.29, 1.82) is 0 Å². The average Bonchev–Trinajstić information content (AvgIpc) is 2.55. The van der Waals surface area contributed by atoms with Crippen molar-refractivity contribution in [3.8, 4) is 0 Å². The van der Waals surface area contributed by atoms with Crippen LogP contribution < -0.4 is 4.90 Å². The standard InChI is InChI=1S/C19H25NO/c1-4-16-10-12-18(13-11-16)20(3)14-15(2)19(21)17-8-6-5-7-9-17/h5-13,15,19,21H,4,14H2,1-3H3. The third kappa shape index (κ3) is 4.08. The smallest absolute Gasteiger partial charge is 0.0832 e. The lowest BCUT2D eigenvalue weighted by molar-refractivity contribution is 0.121. The topological polar surface area (TPSA) is 23.5 Å². The highest BCUT2D eigenvalue weighted by atomic mass is 16.3. The first-order valence-corrected chi connectivity index (χ1v) is 7.65. The van der Waals surface area contributed by atoms with Crippen molar-refractivity contribution in [3.05, 3.63) is 65.7 Å². The van der Waals surface area contributed by atoms with Gasteiger partial charge in [0.15, 0.2) is 0 Å². The van der Waals surface area contributed by atoms with Crippen molar-refractivity contribution in [2.24, 2.45) is 5.92 Å². The van der Waals surface area contributed by atoms with Crippen molar-refractivity contribution in [1.82, 2.24) is 0 Å². The van der Waals surface area contributed by atoms with Gasteiger partial charge in [0.2, 0.25) is 0 Å². The van der Waals surface area contributed by atoms with E-state index in [0.29, 0.717) is 0 Å². The number of anilines is 1. The van der Waals surface area contributed by atoms with E-state index < -0.39 is 6.10 Å². The van der Waals surface area contributed by atoms with E-state index in [0.717, 1.165) is 18.5 Å². The van der Waals surface area contributed by atoms with Gasteiger partial charge in [0.05, 0.1) is 6.10 Å². The van der Waals surface area contributed by atoms with Gasteiger partial charge in [-0.1, -0.05) is 56.3 Å². The Morgan fingerprint density at radius 1 is 1.00 bits per heavy atom. The summed E-state index contributed by atoms with van der Waals surface area (Å²) in [6, 6.07) is 18.5. The minimum absolute atomic E-state index is 0.170. The molecule has 2 nitrogen and oxygen atoms in total. The Labute approximate surface area is 128 Å². The number of hydrogen-bond donors (Lipinski definition) is 1. The number of aliphatic hydroxyl groups is 1. The number of benzene rings is 2. The number of aliphatic hydroxyl groups excluding tert-OH is 1. The molecule has 1 N–H and O–H groups in total. The van der Waals surface area contributed by atoms with Crippen LogP contribution >= 0.6 is 0 Å². The molecule has 0 aliphatic heterocycles. The van der Waals surface area contributed by atoms with E-state index in [-0.39, 0.29) is 5.92 Å². The van der Waals surface area contributed by atoms with Crippen LogP contribution in [-0.2, 0) is 6.42 Å². The second-order valence-corrected chi connectivity index (χ2v) is 5.73. The molecule has 0 fully saturated rings. The van der Waals surface area contributed by atoms with Crippen LogP contribution in [0.2, 0.25) is 0 Å². The maximum Gasteiger partial charge on any atom is 0.0832 e. The lowest BCUT2D eigenvalue weighted by atomic mass is 9.97. The number of rotatable bonds is 6. The Morgan fingerprint density at radius 2 is 1.62 bits per heavy atom. The maximum atomic E-state index is 10.4. The molecule has 21 heavy (non-hydrogen) atoms. The second kappa shape index (κ2) is 7.28. The molecule has 0 amide bonds. The van der Waals surface area contributed by atoms with Crippen LogP contribution in [0.3, 0.4) is 0 Å². The molecule has 0 bridgehead atoms. The van der Waals surface area contributed by atoms with E-state index in [2.05, 4.69) is 50.1 Å². The number of aryl methyl sites for hydroxylation is 1. The highest BCUT2D eigenvalue weighted by Crippen LogP contribution is 2.24. The van der Waals surface area contributed by atoms with Gasteiger partial charge in [0.1, 0.15) is 0 Å². The summed E-state index contributed by atoms with van der Waals surface area (Å²) in [4.78, 5) is 2.20. The lowest BCUT2D eigenvalue weighted by Gasteiger charge is -2.27. The van der Waals surface area contributed by atoms with Crippen LogP contribution in [0.25, 0.3) is 0 Å². The summed E-state index contributed by atoms with van der Waals surface area (Å²) in [5, 5.41) is 10.4. The third-order valence-electron chi connectivity index (χ3n) is 4.03. The highest BCUT2D eigenvalue weighted by Gasteiger charge is 2.18. The molecule has 0 aromatic heterocycles. The first kappa shape index (κ1) is 15.6. The largest absolute Gasteiger partial charge is 0.388 e. The minimum atomic E-state index is -0.427. The molecule has 2 rings (SSSR count). The fourth-order valence-electron chi connectivity index (χ4n) is 2.60. The van der Waals surface area contributed by atoms with E-state index in [4.69, 9.17) is 0 Å². The summed E-state index contributed by atoms with van der Waals surface area (Å²) in [7, 11) is 2.08. The van der Waals surface area contributed by atoms with Gasteiger partial charge in [-0.25, -0.2) is 0 Å². The normalized spacial score (nSPS) is 13.7. The van der Waals surface area contributed by atoms with Gasteiger partial charge in [0, 0.05) is 25.2 Å². The zero-order chi connectivity index (χ0) is 15.2. The Kier molecular flexibility index (Phi) is 5.40. The summed E-state index contributed by atoms with van der Waals surface area (Å²) in [6.07, 6.45) is 0.635. The zero-order valence-corrected chi connectivity index (χ0v) is 13.2. The molecule has 2 aromatic rings. The van der Waals surface area contributed by atoms with Gasteiger partial charge in [-0.15, -0.1) is 0 Å². The zero-order valence-electron chi connectivity index (χ0n) is 13.2. The van der Waals surface area contributed by atoms with Gasteiger partial charge in [-0.2, -0.15) is 0 Å². The Balaban J connectivity index is 1.99.